The van der Waals surface area contributed by atoms with E-state index in [1.54, 1.807) is 10.0 Å². The molecule has 2 rings (SSSR count). The summed E-state index contributed by atoms with van der Waals surface area (Å²) in [7, 11) is 1.53. The van der Waals surface area contributed by atoms with Crippen LogP contribution in [0.4, 0.5) is 0 Å². The number of amides is 2. The van der Waals surface area contributed by atoms with Gasteiger partial charge in [-0.25, -0.2) is 5.01 Å². The number of hydrazine groups is 1. The zero-order valence-electron chi connectivity index (χ0n) is 21.8. The molecule has 0 saturated carbocycles. The number of rotatable bonds is 10. The lowest BCUT2D eigenvalue weighted by atomic mass is 9.71. The molecule has 0 bridgehead atoms. The lowest BCUT2D eigenvalue weighted by molar-refractivity contribution is -0.193. The minimum Gasteiger partial charge on any atom is -0.481 e. The van der Waals surface area contributed by atoms with E-state index in [4.69, 9.17) is 0 Å². The van der Waals surface area contributed by atoms with Crippen molar-refractivity contribution in [2.45, 2.75) is 91.0 Å². The molecule has 0 spiro atoms. The number of carbonyl (C=O) groups is 3. The molecule has 0 aliphatic carbocycles. The SMILES string of the molecule is CCCC[C@]1(C(=O)O)CCN(C(=O)CCC)N(CCc2ccc(C(C)(C)C)cc2)[C@@H]1C(=O)NC. The van der Waals surface area contributed by atoms with Crippen molar-refractivity contribution in [3.63, 3.8) is 0 Å². The summed E-state index contributed by atoms with van der Waals surface area (Å²) in [4.78, 5) is 38.9. The van der Waals surface area contributed by atoms with Crippen LogP contribution in [0.25, 0.3) is 0 Å². The third kappa shape index (κ3) is 6.17. The Balaban J connectivity index is 2.43. The molecule has 1 aromatic carbocycles. The van der Waals surface area contributed by atoms with Gasteiger partial charge in [-0.1, -0.05) is 71.7 Å². The minimum atomic E-state index is -1.23. The first-order valence-corrected chi connectivity index (χ1v) is 12.6. The van der Waals surface area contributed by atoms with Crippen molar-refractivity contribution in [3.8, 4) is 0 Å². The van der Waals surface area contributed by atoms with Crippen LogP contribution in [-0.2, 0) is 26.2 Å². The second-order valence-electron chi connectivity index (χ2n) is 10.5. The number of unbranched alkanes of at least 4 members (excludes halogenated alkanes) is 1. The van der Waals surface area contributed by atoms with Crippen LogP contribution in [0.3, 0.4) is 0 Å². The van der Waals surface area contributed by atoms with Crippen molar-refractivity contribution in [1.29, 1.82) is 0 Å². The third-order valence-electron chi connectivity index (χ3n) is 7.00. The number of likely N-dealkylation sites (N-methyl/N-ethyl adjacent to an activating group) is 1. The van der Waals surface area contributed by atoms with Crippen LogP contribution in [0.2, 0.25) is 0 Å². The Morgan fingerprint density at radius 2 is 1.76 bits per heavy atom. The molecule has 0 aromatic heterocycles. The maximum Gasteiger partial charge on any atom is 0.311 e. The Labute approximate surface area is 204 Å². The number of hydrogen-bond donors (Lipinski definition) is 2. The summed E-state index contributed by atoms with van der Waals surface area (Å²) in [5, 5.41) is 16.4. The number of nitrogens with zero attached hydrogens (tertiary/aromatic N) is 2. The summed E-state index contributed by atoms with van der Waals surface area (Å²) in [5.41, 5.74) is 1.16. The number of carboxylic acids is 1. The molecule has 0 radical (unpaired) electrons. The molecule has 1 fully saturated rings. The number of carboxylic acid groups (broad SMARTS) is 1. The first-order valence-electron chi connectivity index (χ1n) is 12.6. The molecule has 1 aliphatic heterocycles. The van der Waals surface area contributed by atoms with E-state index in [0.717, 1.165) is 12.0 Å². The fourth-order valence-corrected chi connectivity index (χ4v) is 4.88. The van der Waals surface area contributed by atoms with E-state index in [1.165, 1.54) is 12.6 Å². The van der Waals surface area contributed by atoms with E-state index in [-0.39, 0.29) is 23.7 Å². The van der Waals surface area contributed by atoms with Crippen molar-refractivity contribution < 1.29 is 19.5 Å². The zero-order valence-corrected chi connectivity index (χ0v) is 21.8. The van der Waals surface area contributed by atoms with Crippen molar-refractivity contribution in [2.75, 3.05) is 20.1 Å². The second kappa shape index (κ2) is 11.8. The first kappa shape index (κ1) is 27.8. The van der Waals surface area contributed by atoms with Gasteiger partial charge in [-0.15, -0.1) is 0 Å². The van der Waals surface area contributed by atoms with Crippen LogP contribution in [0.15, 0.2) is 24.3 Å². The largest absolute Gasteiger partial charge is 0.481 e. The number of nitrogens with one attached hydrogen (secondary N) is 1. The second-order valence-corrected chi connectivity index (χ2v) is 10.5. The van der Waals surface area contributed by atoms with Gasteiger partial charge in [0, 0.05) is 26.6 Å². The molecule has 2 atom stereocenters. The molecule has 7 heteroatoms. The predicted octanol–water partition coefficient (Wildman–Crippen LogP) is 4.15. The van der Waals surface area contributed by atoms with Crippen molar-refractivity contribution >= 4 is 17.8 Å². The van der Waals surface area contributed by atoms with E-state index < -0.39 is 17.4 Å². The number of carbonyl (C=O) groups excluding carboxylic acids is 2. The van der Waals surface area contributed by atoms with Gasteiger partial charge in [0.2, 0.25) is 11.8 Å². The standard InChI is InChI=1S/C27H43N3O4/c1-7-9-16-27(25(33)34)17-19-29(22(31)10-8-2)30(23(27)24(32)28-6)18-15-20-11-13-21(14-12-20)26(3,4)5/h11-14,23H,7-10,15-19H2,1-6H3,(H,28,32)(H,33,34)/t23-,27+/m1/s1. The van der Waals surface area contributed by atoms with Crippen LogP contribution in [0.1, 0.15) is 84.3 Å². The van der Waals surface area contributed by atoms with Gasteiger partial charge in [-0.2, -0.15) is 0 Å². The van der Waals surface area contributed by atoms with Gasteiger partial charge < -0.3 is 10.4 Å². The monoisotopic (exact) mass is 473 g/mol. The average molecular weight is 474 g/mol. The van der Waals surface area contributed by atoms with E-state index in [2.05, 4.69) is 50.4 Å². The molecule has 190 valence electrons. The number of benzene rings is 1. The van der Waals surface area contributed by atoms with Gasteiger partial charge in [-0.05, 0) is 42.2 Å². The summed E-state index contributed by atoms with van der Waals surface area (Å²) in [6.45, 7) is 11.2. The first-order chi connectivity index (χ1) is 16.0. The minimum absolute atomic E-state index is 0.0550. The lowest BCUT2D eigenvalue weighted by Crippen LogP contribution is -2.69. The Morgan fingerprint density at radius 1 is 1.12 bits per heavy atom. The molecule has 1 saturated heterocycles. The molecule has 1 heterocycles. The summed E-state index contributed by atoms with van der Waals surface area (Å²) >= 11 is 0. The Hall–Kier alpha value is -2.41. The molecule has 1 aliphatic rings. The molecule has 0 unspecified atom stereocenters. The maximum absolute atomic E-state index is 13.2. The van der Waals surface area contributed by atoms with E-state index >= 15 is 0 Å². The zero-order chi connectivity index (χ0) is 25.5. The molecular formula is C27H43N3O4. The molecule has 2 N–H and O–H groups in total. The Bertz CT molecular complexity index is 846. The van der Waals surface area contributed by atoms with Crippen LogP contribution in [0, 0.1) is 5.41 Å². The fourth-order valence-electron chi connectivity index (χ4n) is 4.88. The van der Waals surface area contributed by atoms with Gasteiger partial charge in [0.15, 0.2) is 0 Å². The summed E-state index contributed by atoms with van der Waals surface area (Å²) in [6, 6.07) is 7.46. The van der Waals surface area contributed by atoms with Crippen LogP contribution in [0.5, 0.6) is 0 Å². The highest BCUT2D eigenvalue weighted by atomic mass is 16.4. The predicted molar refractivity (Wildman–Crippen MR) is 134 cm³/mol. The van der Waals surface area contributed by atoms with Crippen LogP contribution < -0.4 is 5.32 Å². The normalized spacial score (nSPS) is 21.4. The Kier molecular flexibility index (Phi) is 9.68. The highest BCUT2D eigenvalue weighted by Gasteiger charge is 2.56. The summed E-state index contributed by atoms with van der Waals surface area (Å²) < 4.78 is 0. The maximum atomic E-state index is 13.2. The van der Waals surface area contributed by atoms with E-state index in [1.807, 2.05) is 13.8 Å². The van der Waals surface area contributed by atoms with Crippen molar-refractivity contribution in [2.24, 2.45) is 5.41 Å². The quantitative estimate of drug-likeness (QED) is 0.533. The lowest BCUT2D eigenvalue weighted by Gasteiger charge is -2.51. The smallest absolute Gasteiger partial charge is 0.311 e. The molecular weight excluding hydrogens is 430 g/mol. The van der Waals surface area contributed by atoms with E-state index in [9.17, 15) is 19.5 Å². The summed E-state index contributed by atoms with van der Waals surface area (Å²) in [5.74, 6) is -1.37. The highest BCUT2D eigenvalue weighted by Crippen LogP contribution is 2.41. The molecule has 2 amide bonds. The highest BCUT2D eigenvalue weighted by molar-refractivity contribution is 5.91. The van der Waals surface area contributed by atoms with Gasteiger partial charge in [0.05, 0.1) is 5.41 Å². The average Bonchev–Trinajstić information content (AvgIpc) is 2.80. The van der Waals surface area contributed by atoms with Gasteiger partial charge in [-0.3, -0.25) is 19.4 Å². The molecule has 34 heavy (non-hydrogen) atoms. The van der Waals surface area contributed by atoms with E-state index in [0.29, 0.717) is 45.2 Å². The van der Waals surface area contributed by atoms with Gasteiger partial charge in [0.1, 0.15) is 6.04 Å². The van der Waals surface area contributed by atoms with Crippen LogP contribution >= 0.6 is 0 Å². The van der Waals surface area contributed by atoms with Crippen molar-refractivity contribution in [1.82, 2.24) is 15.3 Å². The molecule has 1 aromatic rings. The fraction of sp³-hybridized carbons (Fsp3) is 0.667. The third-order valence-corrected chi connectivity index (χ3v) is 7.00. The Morgan fingerprint density at radius 3 is 2.26 bits per heavy atom. The van der Waals surface area contributed by atoms with Crippen molar-refractivity contribution in [3.05, 3.63) is 35.4 Å². The molecule has 7 nitrogen and oxygen atoms in total. The number of hydrogen-bond acceptors (Lipinski definition) is 4. The van der Waals surface area contributed by atoms with Crippen LogP contribution in [-0.4, -0.2) is 59.1 Å². The number of aliphatic carboxylic acids is 1. The summed E-state index contributed by atoms with van der Waals surface area (Å²) in [6.07, 6.45) is 3.90. The van der Waals surface area contributed by atoms with Gasteiger partial charge >= 0.3 is 5.97 Å². The van der Waals surface area contributed by atoms with Gasteiger partial charge in [0.25, 0.3) is 0 Å². The topological polar surface area (TPSA) is 90.0 Å².